The van der Waals surface area contributed by atoms with Gasteiger partial charge in [0.25, 0.3) is 0 Å². The van der Waals surface area contributed by atoms with E-state index in [0.717, 1.165) is 16.3 Å². The van der Waals surface area contributed by atoms with Crippen LogP contribution in [0.3, 0.4) is 0 Å². The minimum atomic E-state index is -0.859. The van der Waals surface area contributed by atoms with Crippen LogP contribution in [0.5, 0.6) is 5.75 Å². The molecule has 0 fully saturated rings. The second kappa shape index (κ2) is 6.23. The Balaban J connectivity index is 1.80. The Bertz CT molecular complexity index is 1010. The highest BCUT2D eigenvalue weighted by Crippen LogP contribution is 2.39. The van der Waals surface area contributed by atoms with E-state index in [-0.39, 0.29) is 17.8 Å². The first kappa shape index (κ1) is 16.2. The summed E-state index contributed by atoms with van der Waals surface area (Å²) in [6.07, 6.45) is 3.21. The molecule has 0 saturated heterocycles. The molecule has 4 heteroatoms. The number of hydrogen-bond acceptors (Lipinski definition) is 4. The Morgan fingerprint density at radius 1 is 1.00 bits per heavy atom. The van der Waals surface area contributed by atoms with Gasteiger partial charge in [0.1, 0.15) is 5.75 Å². The lowest BCUT2D eigenvalue weighted by molar-refractivity contribution is -0.145. The van der Waals surface area contributed by atoms with Gasteiger partial charge in [0.05, 0.1) is 11.7 Å². The lowest BCUT2D eigenvalue weighted by atomic mass is 9.88. The van der Waals surface area contributed by atoms with Gasteiger partial charge < -0.3 is 15.2 Å². The molecule has 1 heterocycles. The van der Waals surface area contributed by atoms with Crippen molar-refractivity contribution in [3.05, 3.63) is 84.4 Å². The molecule has 0 radical (unpaired) electrons. The Labute approximate surface area is 151 Å². The number of ether oxygens (including phenoxy) is 1. The molecule has 26 heavy (non-hydrogen) atoms. The highest BCUT2D eigenvalue weighted by Gasteiger charge is 2.40. The number of esters is 1. The Morgan fingerprint density at radius 2 is 1.73 bits per heavy atom. The molecule has 3 aromatic rings. The summed E-state index contributed by atoms with van der Waals surface area (Å²) in [6, 6.07) is 20.9. The zero-order valence-electron chi connectivity index (χ0n) is 14.3. The number of para-hydroxylation sites is 2. The predicted octanol–water partition coefficient (Wildman–Crippen LogP) is 4.57. The summed E-state index contributed by atoms with van der Waals surface area (Å²) in [6.45, 7) is 1.86. The third-order valence-corrected chi connectivity index (χ3v) is 4.75. The molecular formula is C22H19NO3. The number of carbonyl (C=O) groups excluding carboxylic acids is 1. The summed E-state index contributed by atoms with van der Waals surface area (Å²) in [5, 5.41) is 15.8. The van der Waals surface area contributed by atoms with Gasteiger partial charge >= 0.3 is 5.97 Å². The molecule has 4 rings (SSSR count). The fourth-order valence-electron chi connectivity index (χ4n) is 3.37. The second-order valence-electron chi connectivity index (χ2n) is 6.64. The van der Waals surface area contributed by atoms with Crippen LogP contribution in [0.25, 0.3) is 10.8 Å². The average Bonchev–Trinajstić information content (AvgIpc) is 3.00. The number of phenols is 1. The molecule has 130 valence electrons. The van der Waals surface area contributed by atoms with E-state index in [9.17, 15) is 9.90 Å². The van der Waals surface area contributed by atoms with Crippen molar-refractivity contribution in [1.29, 1.82) is 0 Å². The van der Waals surface area contributed by atoms with Crippen molar-refractivity contribution < 1.29 is 14.6 Å². The van der Waals surface area contributed by atoms with Gasteiger partial charge in [-0.2, -0.15) is 0 Å². The van der Waals surface area contributed by atoms with Crippen molar-refractivity contribution in [3.8, 4) is 5.75 Å². The summed E-state index contributed by atoms with van der Waals surface area (Å²) >= 11 is 0. The number of nitrogens with one attached hydrogen (secondary N) is 1. The lowest BCUT2D eigenvalue weighted by Gasteiger charge is -2.33. The van der Waals surface area contributed by atoms with E-state index >= 15 is 0 Å². The largest absolute Gasteiger partial charge is 0.506 e. The van der Waals surface area contributed by atoms with Gasteiger partial charge in [0, 0.05) is 6.08 Å². The van der Waals surface area contributed by atoms with Crippen LogP contribution in [0.15, 0.2) is 78.9 Å². The van der Waals surface area contributed by atoms with E-state index < -0.39 is 5.60 Å². The monoisotopic (exact) mass is 345 g/mol. The zero-order chi connectivity index (χ0) is 18.1. The summed E-state index contributed by atoms with van der Waals surface area (Å²) in [4.78, 5) is 11.7. The molecule has 0 bridgehead atoms. The van der Waals surface area contributed by atoms with Gasteiger partial charge in [0.2, 0.25) is 0 Å². The fourth-order valence-corrected chi connectivity index (χ4v) is 3.37. The number of anilines is 1. The maximum atomic E-state index is 11.7. The molecule has 0 amide bonds. The van der Waals surface area contributed by atoms with Gasteiger partial charge in [-0.3, -0.25) is 0 Å². The summed E-state index contributed by atoms with van der Waals surface area (Å²) in [5.74, 6) is -0.215. The molecule has 3 aromatic carbocycles. The molecule has 0 aromatic heterocycles. The quantitative estimate of drug-likeness (QED) is 0.537. The van der Waals surface area contributed by atoms with Gasteiger partial charge in [0.15, 0.2) is 5.60 Å². The van der Waals surface area contributed by atoms with Crippen molar-refractivity contribution >= 4 is 22.4 Å². The minimum absolute atomic E-state index is 0.148. The zero-order valence-corrected chi connectivity index (χ0v) is 14.3. The van der Waals surface area contributed by atoms with Crippen molar-refractivity contribution in [3.63, 3.8) is 0 Å². The molecule has 0 saturated carbocycles. The van der Waals surface area contributed by atoms with Crippen molar-refractivity contribution in [1.82, 2.24) is 0 Å². The normalized spacial score (nSPS) is 20.1. The topological polar surface area (TPSA) is 58.6 Å². The molecule has 1 aliphatic heterocycles. The van der Waals surface area contributed by atoms with Crippen LogP contribution in [-0.4, -0.2) is 16.7 Å². The van der Waals surface area contributed by atoms with E-state index in [4.69, 9.17) is 4.74 Å². The molecule has 2 N–H and O–H groups in total. The second-order valence-corrected chi connectivity index (χ2v) is 6.64. The number of cyclic esters (lactones) is 1. The van der Waals surface area contributed by atoms with Crippen LogP contribution in [0.1, 0.15) is 18.5 Å². The minimum Gasteiger partial charge on any atom is -0.506 e. The van der Waals surface area contributed by atoms with E-state index in [1.54, 1.807) is 24.3 Å². The highest BCUT2D eigenvalue weighted by molar-refractivity contribution is 5.86. The number of rotatable bonds is 4. The summed E-state index contributed by atoms with van der Waals surface area (Å²) in [5.41, 5.74) is 0.694. The third kappa shape index (κ3) is 2.90. The van der Waals surface area contributed by atoms with Gasteiger partial charge in [-0.05, 0) is 47.5 Å². The summed E-state index contributed by atoms with van der Waals surface area (Å²) in [7, 11) is 0. The van der Waals surface area contributed by atoms with Crippen LogP contribution in [0.4, 0.5) is 5.69 Å². The van der Waals surface area contributed by atoms with E-state index in [1.165, 1.54) is 6.08 Å². The van der Waals surface area contributed by atoms with Crippen molar-refractivity contribution in [2.75, 3.05) is 5.32 Å². The number of fused-ring (bicyclic) bond motifs is 1. The van der Waals surface area contributed by atoms with Crippen molar-refractivity contribution in [2.24, 2.45) is 0 Å². The first-order chi connectivity index (χ1) is 12.5. The van der Waals surface area contributed by atoms with E-state index in [1.807, 2.05) is 37.3 Å². The van der Waals surface area contributed by atoms with Crippen LogP contribution in [-0.2, 0) is 9.53 Å². The number of aromatic hydroxyl groups is 1. The van der Waals surface area contributed by atoms with Crippen LogP contribution < -0.4 is 5.32 Å². The van der Waals surface area contributed by atoms with Crippen LogP contribution in [0.2, 0.25) is 0 Å². The third-order valence-electron chi connectivity index (χ3n) is 4.75. The Hall–Kier alpha value is -3.27. The lowest BCUT2D eigenvalue weighted by Crippen LogP contribution is -2.37. The van der Waals surface area contributed by atoms with E-state index in [2.05, 4.69) is 23.5 Å². The summed E-state index contributed by atoms with van der Waals surface area (Å²) < 4.78 is 5.60. The highest BCUT2D eigenvalue weighted by atomic mass is 16.6. The first-order valence-corrected chi connectivity index (χ1v) is 8.51. The molecule has 4 nitrogen and oxygen atoms in total. The molecule has 1 unspecified atom stereocenters. The Morgan fingerprint density at radius 3 is 2.46 bits per heavy atom. The van der Waals surface area contributed by atoms with Gasteiger partial charge in [-0.15, -0.1) is 0 Å². The molecular weight excluding hydrogens is 326 g/mol. The maximum Gasteiger partial charge on any atom is 0.331 e. The number of phenolic OH excluding ortho intramolecular Hbond substituents is 1. The molecule has 2 atom stereocenters. The molecule has 0 spiro atoms. The van der Waals surface area contributed by atoms with E-state index in [0.29, 0.717) is 5.69 Å². The van der Waals surface area contributed by atoms with Crippen LogP contribution >= 0.6 is 0 Å². The number of hydrogen-bond donors (Lipinski definition) is 2. The molecule has 0 aliphatic carbocycles. The Kier molecular flexibility index (Phi) is 3.88. The fraction of sp³-hybridized carbons (Fsp3) is 0.136. The van der Waals surface area contributed by atoms with Crippen molar-refractivity contribution in [2.45, 2.75) is 18.6 Å². The predicted molar refractivity (Wildman–Crippen MR) is 102 cm³/mol. The van der Waals surface area contributed by atoms with Gasteiger partial charge in [-0.25, -0.2) is 4.79 Å². The number of benzene rings is 3. The smallest absolute Gasteiger partial charge is 0.331 e. The number of carbonyl (C=O) groups is 1. The standard InChI is InChI=1S/C22H19NO3/c1-22(13-12-20(25)26-22)21(23-18-8-4-5-9-19(18)24)17-11-10-15-6-2-3-7-16(15)14-17/h2-14,21,23-24H,1H3/t21-,22?/m1/s1. The first-order valence-electron chi connectivity index (χ1n) is 8.51. The maximum absolute atomic E-state index is 11.7. The average molecular weight is 345 g/mol. The van der Waals surface area contributed by atoms with Crippen LogP contribution in [0, 0.1) is 0 Å². The SMILES string of the molecule is CC1([C@H](Nc2ccccc2O)c2ccc3ccccc3c2)C=CC(=O)O1. The molecule has 1 aliphatic rings. The van der Waals surface area contributed by atoms with Gasteiger partial charge in [-0.1, -0.05) is 48.5 Å².